The summed E-state index contributed by atoms with van der Waals surface area (Å²) in [4.78, 5) is 0. The Labute approximate surface area is 97.0 Å². The second-order valence-electron chi connectivity index (χ2n) is 4.91. The average Bonchev–Trinajstić information content (AvgIpc) is 2.24. The quantitative estimate of drug-likeness (QED) is 0.502. The minimum Gasteiger partial charge on any atom is -0.320 e. The van der Waals surface area contributed by atoms with Crippen LogP contribution in [0.4, 0.5) is 0 Å². The summed E-state index contributed by atoms with van der Waals surface area (Å²) in [5.41, 5.74) is 0. The van der Waals surface area contributed by atoms with Crippen LogP contribution in [0.15, 0.2) is 0 Å². The second kappa shape index (κ2) is 12.0. The second-order valence-corrected chi connectivity index (χ2v) is 4.91. The maximum atomic E-state index is 3.20. The average molecular weight is 213 g/mol. The van der Waals surface area contributed by atoms with Crippen LogP contribution in [0, 0.1) is 5.92 Å². The zero-order chi connectivity index (χ0) is 11.4. The third-order valence-electron chi connectivity index (χ3n) is 3.17. The van der Waals surface area contributed by atoms with E-state index in [4.69, 9.17) is 0 Å². The molecule has 0 heterocycles. The molecule has 1 N–H and O–H groups in total. The standard InChI is InChI=1S/C14H31N/c1-4-5-6-8-11-14(2)12-9-7-10-13-15-3/h14-15H,4-13H2,1-3H3. The largest absolute Gasteiger partial charge is 0.320 e. The molecule has 0 aromatic rings. The summed E-state index contributed by atoms with van der Waals surface area (Å²) in [5.74, 6) is 0.955. The lowest BCUT2D eigenvalue weighted by molar-refractivity contribution is 0.436. The lowest BCUT2D eigenvalue weighted by Gasteiger charge is -2.10. The number of rotatable bonds is 11. The molecule has 0 aliphatic carbocycles. The van der Waals surface area contributed by atoms with E-state index in [1.807, 2.05) is 7.05 Å². The van der Waals surface area contributed by atoms with Crippen molar-refractivity contribution in [1.29, 1.82) is 0 Å². The van der Waals surface area contributed by atoms with E-state index in [-0.39, 0.29) is 0 Å². The first-order valence-corrected chi connectivity index (χ1v) is 6.95. The Kier molecular flexibility index (Phi) is 12.0. The Morgan fingerprint density at radius 3 is 2.00 bits per heavy atom. The SMILES string of the molecule is CCCCCCC(C)CCCCCNC. The molecule has 0 bridgehead atoms. The molecule has 92 valence electrons. The molecule has 15 heavy (non-hydrogen) atoms. The maximum Gasteiger partial charge on any atom is -0.00519 e. The molecule has 0 amide bonds. The van der Waals surface area contributed by atoms with Crippen molar-refractivity contribution in [2.75, 3.05) is 13.6 Å². The van der Waals surface area contributed by atoms with Crippen LogP contribution in [0.5, 0.6) is 0 Å². The van der Waals surface area contributed by atoms with Gasteiger partial charge in [0.2, 0.25) is 0 Å². The van der Waals surface area contributed by atoms with Crippen molar-refractivity contribution in [2.45, 2.75) is 71.6 Å². The van der Waals surface area contributed by atoms with Crippen molar-refractivity contribution >= 4 is 0 Å². The summed E-state index contributed by atoms with van der Waals surface area (Å²) in [5, 5.41) is 3.20. The van der Waals surface area contributed by atoms with Crippen molar-refractivity contribution in [3.05, 3.63) is 0 Å². The molecule has 0 spiro atoms. The fourth-order valence-corrected chi connectivity index (χ4v) is 2.04. The van der Waals surface area contributed by atoms with Gasteiger partial charge in [-0.1, -0.05) is 65.2 Å². The van der Waals surface area contributed by atoms with Gasteiger partial charge < -0.3 is 5.32 Å². The van der Waals surface area contributed by atoms with Gasteiger partial charge in [-0.25, -0.2) is 0 Å². The highest BCUT2D eigenvalue weighted by atomic mass is 14.8. The fourth-order valence-electron chi connectivity index (χ4n) is 2.04. The first kappa shape index (κ1) is 15.0. The molecule has 0 fully saturated rings. The maximum absolute atomic E-state index is 3.20. The Hall–Kier alpha value is -0.0400. The van der Waals surface area contributed by atoms with Crippen molar-refractivity contribution < 1.29 is 0 Å². The lowest BCUT2D eigenvalue weighted by Crippen LogP contribution is -2.07. The van der Waals surface area contributed by atoms with Crippen LogP contribution in [0.1, 0.15) is 71.6 Å². The molecule has 1 atom stereocenters. The molecule has 0 aliphatic heterocycles. The van der Waals surface area contributed by atoms with Gasteiger partial charge in [0.1, 0.15) is 0 Å². The molecule has 0 rings (SSSR count). The summed E-state index contributed by atoms with van der Waals surface area (Å²) in [7, 11) is 2.04. The van der Waals surface area contributed by atoms with Gasteiger partial charge in [0.05, 0.1) is 0 Å². The van der Waals surface area contributed by atoms with Crippen LogP contribution in [-0.2, 0) is 0 Å². The van der Waals surface area contributed by atoms with E-state index >= 15 is 0 Å². The van der Waals surface area contributed by atoms with E-state index < -0.39 is 0 Å². The van der Waals surface area contributed by atoms with E-state index in [0.29, 0.717) is 0 Å². The van der Waals surface area contributed by atoms with Crippen molar-refractivity contribution in [3.63, 3.8) is 0 Å². The number of hydrogen-bond acceptors (Lipinski definition) is 1. The van der Waals surface area contributed by atoms with Gasteiger partial charge in [0.15, 0.2) is 0 Å². The van der Waals surface area contributed by atoms with Crippen molar-refractivity contribution in [3.8, 4) is 0 Å². The first-order valence-electron chi connectivity index (χ1n) is 6.95. The van der Waals surface area contributed by atoms with Gasteiger partial charge >= 0.3 is 0 Å². The summed E-state index contributed by atoms with van der Waals surface area (Å²) < 4.78 is 0. The molecule has 0 aliphatic rings. The van der Waals surface area contributed by atoms with Gasteiger partial charge in [0, 0.05) is 0 Å². The third kappa shape index (κ3) is 11.9. The van der Waals surface area contributed by atoms with Crippen LogP contribution >= 0.6 is 0 Å². The van der Waals surface area contributed by atoms with Gasteiger partial charge in [-0.2, -0.15) is 0 Å². The molecule has 0 saturated carbocycles. The zero-order valence-electron chi connectivity index (χ0n) is 11.1. The van der Waals surface area contributed by atoms with Crippen molar-refractivity contribution in [2.24, 2.45) is 5.92 Å². The molecular weight excluding hydrogens is 182 g/mol. The summed E-state index contributed by atoms with van der Waals surface area (Å²) in [6.07, 6.45) is 12.7. The highest BCUT2D eigenvalue weighted by Gasteiger charge is 2.01. The molecule has 0 radical (unpaired) electrons. The van der Waals surface area contributed by atoms with Crippen molar-refractivity contribution in [1.82, 2.24) is 5.32 Å². The highest BCUT2D eigenvalue weighted by molar-refractivity contribution is 4.55. The van der Waals surface area contributed by atoms with E-state index in [1.54, 1.807) is 0 Å². The molecular formula is C14H31N. The van der Waals surface area contributed by atoms with Crippen LogP contribution < -0.4 is 5.32 Å². The molecule has 0 aromatic heterocycles. The Morgan fingerprint density at radius 2 is 1.47 bits per heavy atom. The van der Waals surface area contributed by atoms with Gasteiger partial charge in [-0.15, -0.1) is 0 Å². The number of nitrogens with one attached hydrogen (secondary N) is 1. The van der Waals surface area contributed by atoms with Crippen LogP contribution in [-0.4, -0.2) is 13.6 Å². The van der Waals surface area contributed by atoms with E-state index in [9.17, 15) is 0 Å². The molecule has 1 heteroatoms. The van der Waals surface area contributed by atoms with Crippen LogP contribution in [0.3, 0.4) is 0 Å². The molecule has 1 nitrogen and oxygen atoms in total. The number of hydrogen-bond donors (Lipinski definition) is 1. The smallest absolute Gasteiger partial charge is 0.00519 e. The summed E-state index contributed by atoms with van der Waals surface area (Å²) in [6.45, 7) is 5.89. The third-order valence-corrected chi connectivity index (χ3v) is 3.17. The van der Waals surface area contributed by atoms with E-state index in [0.717, 1.165) is 5.92 Å². The molecule has 0 saturated heterocycles. The summed E-state index contributed by atoms with van der Waals surface area (Å²) in [6, 6.07) is 0. The Bertz CT molecular complexity index is 112. The monoisotopic (exact) mass is 213 g/mol. The Morgan fingerprint density at radius 1 is 0.867 bits per heavy atom. The minimum atomic E-state index is 0.955. The molecule has 0 aromatic carbocycles. The topological polar surface area (TPSA) is 12.0 Å². The highest BCUT2D eigenvalue weighted by Crippen LogP contribution is 2.16. The van der Waals surface area contributed by atoms with Crippen LogP contribution in [0.25, 0.3) is 0 Å². The summed E-state index contributed by atoms with van der Waals surface area (Å²) >= 11 is 0. The van der Waals surface area contributed by atoms with E-state index in [1.165, 1.54) is 64.3 Å². The fraction of sp³-hybridized carbons (Fsp3) is 1.00. The first-order chi connectivity index (χ1) is 7.31. The van der Waals surface area contributed by atoms with Gasteiger partial charge in [-0.05, 0) is 25.9 Å². The Balaban J connectivity index is 3.08. The minimum absolute atomic E-state index is 0.955. The number of unbranched alkanes of at least 4 members (excludes halogenated alkanes) is 5. The zero-order valence-corrected chi connectivity index (χ0v) is 11.1. The normalized spacial score (nSPS) is 13.0. The van der Waals surface area contributed by atoms with Gasteiger partial charge in [0.25, 0.3) is 0 Å². The van der Waals surface area contributed by atoms with Gasteiger partial charge in [-0.3, -0.25) is 0 Å². The molecule has 1 unspecified atom stereocenters. The van der Waals surface area contributed by atoms with E-state index in [2.05, 4.69) is 19.2 Å². The van der Waals surface area contributed by atoms with Crippen LogP contribution in [0.2, 0.25) is 0 Å². The predicted molar refractivity (Wildman–Crippen MR) is 70.3 cm³/mol. The predicted octanol–water partition coefficient (Wildman–Crippen LogP) is 4.37. The lowest BCUT2D eigenvalue weighted by atomic mass is 9.96.